The summed E-state index contributed by atoms with van der Waals surface area (Å²) < 4.78 is 28.7. The van der Waals surface area contributed by atoms with Gasteiger partial charge in [0, 0.05) is 12.8 Å². The van der Waals surface area contributed by atoms with Gasteiger partial charge >= 0.3 is 5.97 Å². The molecule has 8 nitrogen and oxygen atoms in total. The van der Waals surface area contributed by atoms with Crippen molar-refractivity contribution in [2.24, 2.45) is 11.8 Å². The van der Waals surface area contributed by atoms with Gasteiger partial charge in [-0.15, -0.1) is 0 Å². The second-order valence-corrected chi connectivity index (χ2v) is 11.2. The highest BCUT2D eigenvalue weighted by Crippen LogP contribution is 2.46. The first-order valence-corrected chi connectivity index (χ1v) is 13.0. The van der Waals surface area contributed by atoms with Crippen LogP contribution in [-0.2, 0) is 28.5 Å². The lowest BCUT2D eigenvalue weighted by molar-refractivity contribution is -0.192. The number of hydrogen-bond acceptors (Lipinski definition) is 8. The summed E-state index contributed by atoms with van der Waals surface area (Å²) in [6, 6.07) is 0. The van der Waals surface area contributed by atoms with Gasteiger partial charge in [-0.25, -0.2) is 0 Å². The Morgan fingerprint density at radius 1 is 1.29 bits per heavy atom. The quantitative estimate of drug-likeness (QED) is 0.301. The van der Waals surface area contributed by atoms with Crippen LogP contribution in [0.1, 0.15) is 59.8 Å². The molecule has 0 aromatic heterocycles. The summed E-state index contributed by atoms with van der Waals surface area (Å²) in [5.74, 6) is 0.325. The minimum absolute atomic E-state index is 0.00972. The average molecular weight is 495 g/mol. The second-order valence-electron chi connectivity index (χ2n) is 11.2. The van der Waals surface area contributed by atoms with Gasteiger partial charge in [-0.05, 0) is 45.4 Å². The summed E-state index contributed by atoms with van der Waals surface area (Å²) in [5.41, 5.74) is -0.272. The van der Waals surface area contributed by atoms with Crippen molar-refractivity contribution in [3.8, 4) is 0 Å². The van der Waals surface area contributed by atoms with E-state index in [4.69, 9.17) is 23.7 Å². The summed E-state index contributed by atoms with van der Waals surface area (Å²) in [6.45, 7) is 9.63. The predicted molar refractivity (Wildman–Crippen MR) is 129 cm³/mol. The predicted octanol–water partition coefficient (Wildman–Crippen LogP) is 2.70. The van der Waals surface area contributed by atoms with Crippen molar-refractivity contribution >= 4 is 5.97 Å². The molecule has 2 N–H and O–H groups in total. The molecule has 4 aliphatic heterocycles. The molecule has 0 amide bonds. The number of carbonyl (C=O) groups is 1. The highest BCUT2D eigenvalue weighted by Gasteiger charge is 2.61. The zero-order valence-electron chi connectivity index (χ0n) is 21.5. The van der Waals surface area contributed by atoms with Gasteiger partial charge in [0.25, 0.3) is 0 Å². The molecule has 1 unspecified atom stereocenters. The molecule has 4 saturated heterocycles. The van der Waals surface area contributed by atoms with E-state index in [2.05, 4.69) is 13.0 Å². The number of hydrogen-bond donors (Lipinski definition) is 2. The molecular weight excluding hydrogens is 452 g/mol. The average Bonchev–Trinajstić information content (AvgIpc) is 3.39. The molecule has 0 aliphatic carbocycles. The van der Waals surface area contributed by atoms with Crippen molar-refractivity contribution in [3.63, 3.8) is 0 Å². The van der Waals surface area contributed by atoms with Gasteiger partial charge < -0.3 is 33.9 Å². The molecular formula is C27H42O8. The smallest absolute Gasteiger partial charge is 0.306 e. The van der Waals surface area contributed by atoms with Gasteiger partial charge in [-0.1, -0.05) is 30.7 Å². The molecule has 0 radical (unpaired) electrons. The number of rotatable bonds is 8. The van der Waals surface area contributed by atoms with Crippen molar-refractivity contribution in [3.05, 3.63) is 23.8 Å². The number of aliphatic hydroxyl groups is 2. The Labute approximate surface area is 208 Å². The standard InChI is InChI=1S/C27H42O8/c1-17(6-8-23-25(30)27(16-32-27)14-26(4,15-28)35-23)5-7-22-18(2)11-20(19(3)33-22)12-24(29)34-21-9-10-31-13-21/h5-6,8,18-23,25,28,30H,7,9-16H2,1-4H3/b8-6+,17-5+/t18-,19+,20-,21+,22-,23?,25+,26-,27+/m0/s1. The van der Waals surface area contributed by atoms with Gasteiger partial charge in [-0.2, -0.15) is 0 Å². The van der Waals surface area contributed by atoms with Crippen molar-refractivity contribution in [1.82, 2.24) is 0 Å². The number of allylic oxidation sites excluding steroid dienone is 2. The lowest BCUT2D eigenvalue weighted by Gasteiger charge is -2.42. The van der Waals surface area contributed by atoms with Crippen LogP contribution in [-0.4, -0.2) is 84.3 Å². The van der Waals surface area contributed by atoms with E-state index >= 15 is 0 Å². The Balaban J connectivity index is 1.27. The normalized spacial score (nSPS) is 44.2. The molecule has 0 aromatic carbocycles. The fourth-order valence-corrected chi connectivity index (χ4v) is 5.62. The minimum atomic E-state index is -0.751. The van der Waals surface area contributed by atoms with E-state index in [1.54, 1.807) is 0 Å². The van der Waals surface area contributed by atoms with Crippen LogP contribution in [0.4, 0.5) is 0 Å². The molecule has 0 bridgehead atoms. The lowest BCUT2D eigenvalue weighted by atomic mass is 9.82. The first-order valence-electron chi connectivity index (χ1n) is 13.0. The van der Waals surface area contributed by atoms with Crippen LogP contribution in [0.2, 0.25) is 0 Å². The maximum Gasteiger partial charge on any atom is 0.306 e. The Kier molecular flexibility index (Phi) is 8.40. The van der Waals surface area contributed by atoms with Gasteiger partial charge in [0.2, 0.25) is 0 Å². The highest BCUT2D eigenvalue weighted by molar-refractivity contribution is 5.70. The molecule has 9 atom stereocenters. The van der Waals surface area contributed by atoms with E-state index in [-0.39, 0.29) is 36.8 Å². The summed E-state index contributed by atoms with van der Waals surface area (Å²) >= 11 is 0. The summed E-state index contributed by atoms with van der Waals surface area (Å²) in [4.78, 5) is 12.3. The fraction of sp³-hybridized carbons (Fsp3) is 0.815. The van der Waals surface area contributed by atoms with Crippen LogP contribution in [0.15, 0.2) is 23.8 Å². The molecule has 4 rings (SSSR count). The summed E-state index contributed by atoms with van der Waals surface area (Å²) in [7, 11) is 0. The van der Waals surface area contributed by atoms with E-state index in [0.717, 1.165) is 24.8 Å². The zero-order chi connectivity index (χ0) is 25.2. The Morgan fingerprint density at radius 2 is 2.06 bits per heavy atom. The van der Waals surface area contributed by atoms with Gasteiger partial charge in [0.05, 0.1) is 50.7 Å². The van der Waals surface area contributed by atoms with Gasteiger partial charge in [-0.3, -0.25) is 4.79 Å². The number of epoxide rings is 1. The van der Waals surface area contributed by atoms with Crippen LogP contribution in [0.3, 0.4) is 0 Å². The molecule has 4 heterocycles. The minimum Gasteiger partial charge on any atom is -0.460 e. The number of ether oxygens (including phenoxy) is 5. The van der Waals surface area contributed by atoms with E-state index in [9.17, 15) is 15.0 Å². The van der Waals surface area contributed by atoms with Crippen molar-refractivity contribution in [2.45, 2.75) is 102 Å². The number of carbonyl (C=O) groups excluding carboxylic acids is 1. The third kappa shape index (κ3) is 6.53. The van der Waals surface area contributed by atoms with Crippen LogP contribution in [0.25, 0.3) is 0 Å². The molecule has 4 fully saturated rings. The lowest BCUT2D eigenvalue weighted by Crippen LogP contribution is -2.56. The van der Waals surface area contributed by atoms with Crippen LogP contribution in [0, 0.1) is 11.8 Å². The fourth-order valence-electron chi connectivity index (χ4n) is 5.62. The largest absolute Gasteiger partial charge is 0.460 e. The van der Waals surface area contributed by atoms with E-state index in [1.165, 1.54) is 0 Å². The highest BCUT2D eigenvalue weighted by atomic mass is 16.6. The molecule has 0 saturated carbocycles. The number of aliphatic hydroxyl groups excluding tert-OH is 2. The third-order valence-electron chi connectivity index (χ3n) is 7.99. The summed E-state index contributed by atoms with van der Waals surface area (Å²) in [5, 5.41) is 20.5. The Hall–Kier alpha value is -1.29. The number of esters is 1. The van der Waals surface area contributed by atoms with Gasteiger partial charge in [0.1, 0.15) is 23.9 Å². The molecule has 1 spiro atoms. The molecule has 4 aliphatic rings. The Bertz CT molecular complexity index is 799. The van der Waals surface area contributed by atoms with E-state index < -0.39 is 23.4 Å². The van der Waals surface area contributed by atoms with E-state index in [1.807, 2.05) is 32.9 Å². The van der Waals surface area contributed by atoms with Crippen LogP contribution < -0.4 is 0 Å². The van der Waals surface area contributed by atoms with Crippen molar-refractivity contribution in [2.75, 3.05) is 26.4 Å². The van der Waals surface area contributed by atoms with E-state index in [0.29, 0.717) is 38.6 Å². The van der Waals surface area contributed by atoms with Crippen molar-refractivity contribution < 1.29 is 38.7 Å². The SMILES string of the molecule is CC(/C=C/C1O[C@](C)(CO)C[C@@]2(CO2)[C@@H]1O)=C\C[C@@H]1O[C@H](C)[C@H](CC(=O)O[C@@H]2CCOC2)C[C@@H]1C. The first kappa shape index (κ1) is 26.8. The van der Waals surface area contributed by atoms with Crippen LogP contribution >= 0.6 is 0 Å². The van der Waals surface area contributed by atoms with Gasteiger partial charge in [0.15, 0.2) is 0 Å². The third-order valence-corrected chi connectivity index (χ3v) is 7.99. The second kappa shape index (κ2) is 11.0. The summed E-state index contributed by atoms with van der Waals surface area (Å²) in [6.07, 6.45) is 7.99. The van der Waals surface area contributed by atoms with Crippen LogP contribution in [0.5, 0.6) is 0 Å². The maximum atomic E-state index is 12.3. The molecule has 8 heteroatoms. The monoisotopic (exact) mass is 494 g/mol. The molecule has 35 heavy (non-hydrogen) atoms. The molecule has 0 aromatic rings. The first-order chi connectivity index (χ1) is 16.6. The Morgan fingerprint density at radius 3 is 2.71 bits per heavy atom. The van der Waals surface area contributed by atoms with Crippen molar-refractivity contribution in [1.29, 1.82) is 0 Å². The molecule has 198 valence electrons. The maximum absolute atomic E-state index is 12.3. The zero-order valence-corrected chi connectivity index (χ0v) is 21.5. The topological polar surface area (TPSA) is 107 Å².